The Labute approximate surface area is 137 Å². The molecule has 0 aliphatic carbocycles. The Morgan fingerprint density at radius 2 is 1.79 bits per heavy atom. The predicted octanol–water partition coefficient (Wildman–Crippen LogP) is 1.84. The Morgan fingerprint density at radius 3 is 2.33 bits per heavy atom. The van der Waals surface area contributed by atoms with Crippen molar-refractivity contribution in [3.05, 3.63) is 55.3 Å². The van der Waals surface area contributed by atoms with E-state index in [9.17, 15) is 31.2 Å². The first-order valence-corrected chi connectivity index (χ1v) is 8.00. The SMILES string of the molecule is Cc1[nH]c(=O)[nH]c(=O)c1S(=O)(=O)Nc1ccc(Cl)c(C(F)(F)F)c1. The Balaban J connectivity index is 2.52. The van der Waals surface area contributed by atoms with Crippen molar-refractivity contribution < 1.29 is 21.6 Å². The quantitative estimate of drug-likeness (QED) is 0.750. The number of aromatic amines is 2. The number of H-pyrrole nitrogens is 2. The van der Waals surface area contributed by atoms with Crippen LogP contribution in [0.4, 0.5) is 18.9 Å². The van der Waals surface area contributed by atoms with Crippen LogP contribution >= 0.6 is 11.6 Å². The maximum absolute atomic E-state index is 12.8. The molecule has 2 rings (SSSR count). The second kappa shape index (κ2) is 5.98. The van der Waals surface area contributed by atoms with Crippen LogP contribution in [-0.4, -0.2) is 18.4 Å². The van der Waals surface area contributed by atoms with Gasteiger partial charge < -0.3 is 4.98 Å². The second-order valence-electron chi connectivity index (χ2n) is 4.66. The highest BCUT2D eigenvalue weighted by molar-refractivity contribution is 7.92. The molecule has 0 saturated heterocycles. The number of aryl methyl sites for hydroxylation is 1. The summed E-state index contributed by atoms with van der Waals surface area (Å²) in [5.41, 5.74) is -4.06. The first-order valence-electron chi connectivity index (χ1n) is 6.14. The van der Waals surface area contributed by atoms with Crippen LogP contribution in [-0.2, 0) is 16.2 Å². The highest BCUT2D eigenvalue weighted by atomic mass is 35.5. The van der Waals surface area contributed by atoms with Crippen LogP contribution < -0.4 is 16.0 Å². The molecule has 0 bridgehead atoms. The molecule has 24 heavy (non-hydrogen) atoms. The minimum Gasteiger partial charge on any atom is -0.310 e. The van der Waals surface area contributed by atoms with E-state index in [0.717, 1.165) is 19.1 Å². The first kappa shape index (κ1) is 18.1. The van der Waals surface area contributed by atoms with Gasteiger partial charge in [-0.2, -0.15) is 13.2 Å². The van der Waals surface area contributed by atoms with Crippen molar-refractivity contribution in [3.63, 3.8) is 0 Å². The van der Waals surface area contributed by atoms with Gasteiger partial charge in [0.1, 0.15) is 0 Å². The summed E-state index contributed by atoms with van der Waals surface area (Å²) in [5.74, 6) is 0. The molecule has 7 nitrogen and oxygen atoms in total. The molecule has 0 fully saturated rings. The van der Waals surface area contributed by atoms with E-state index < -0.39 is 48.6 Å². The summed E-state index contributed by atoms with van der Waals surface area (Å²) < 4.78 is 64.7. The highest BCUT2D eigenvalue weighted by Crippen LogP contribution is 2.36. The highest BCUT2D eigenvalue weighted by Gasteiger charge is 2.34. The molecular formula is C12H9ClF3N3O4S. The van der Waals surface area contributed by atoms with Crippen LogP contribution in [0.15, 0.2) is 32.7 Å². The lowest BCUT2D eigenvalue weighted by Crippen LogP contribution is -2.31. The van der Waals surface area contributed by atoms with E-state index in [0.29, 0.717) is 6.07 Å². The summed E-state index contributed by atoms with van der Waals surface area (Å²) in [6.45, 7) is 1.16. The maximum Gasteiger partial charge on any atom is 0.417 e. The topological polar surface area (TPSA) is 112 Å². The van der Waals surface area contributed by atoms with Gasteiger partial charge in [0.15, 0.2) is 4.90 Å². The summed E-state index contributed by atoms with van der Waals surface area (Å²) in [6.07, 6.45) is -4.79. The van der Waals surface area contributed by atoms with E-state index in [1.807, 2.05) is 4.72 Å². The lowest BCUT2D eigenvalue weighted by atomic mass is 10.2. The molecule has 0 unspecified atom stereocenters. The van der Waals surface area contributed by atoms with Gasteiger partial charge in [0.2, 0.25) is 0 Å². The molecule has 1 heterocycles. The third-order valence-corrected chi connectivity index (χ3v) is 4.73. The fourth-order valence-electron chi connectivity index (χ4n) is 1.92. The summed E-state index contributed by atoms with van der Waals surface area (Å²) in [6, 6.07) is 2.37. The summed E-state index contributed by atoms with van der Waals surface area (Å²) >= 11 is 5.45. The molecule has 0 saturated carbocycles. The van der Waals surface area contributed by atoms with E-state index in [1.165, 1.54) is 0 Å². The van der Waals surface area contributed by atoms with Crippen molar-refractivity contribution in [3.8, 4) is 0 Å². The number of hydrogen-bond acceptors (Lipinski definition) is 4. The fourth-order valence-corrected chi connectivity index (χ4v) is 3.44. The number of benzene rings is 1. The van der Waals surface area contributed by atoms with E-state index in [4.69, 9.17) is 11.6 Å². The van der Waals surface area contributed by atoms with Crippen LogP contribution in [0.25, 0.3) is 0 Å². The number of rotatable bonds is 3. The van der Waals surface area contributed by atoms with Crippen molar-refractivity contribution in [2.24, 2.45) is 0 Å². The van der Waals surface area contributed by atoms with Gasteiger partial charge in [-0.25, -0.2) is 13.2 Å². The lowest BCUT2D eigenvalue weighted by Gasteiger charge is -2.13. The van der Waals surface area contributed by atoms with E-state index in [-0.39, 0.29) is 5.69 Å². The summed E-state index contributed by atoms with van der Waals surface area (Å²) in [4.78, 5) is 25.8. The Morgan fingerprint density at radius 1 is 1.17 bits per heavy atom. The van der Waals surface area contributed by atoms with Crippen molar-refractivity contribution in [2.45, 2.75) is 18.0 Å². The number of alkyl halides is 3. The largest absolute Gasteiger partial charge is 0.417 e. The van der Waals surface area contributed by atoms with Gasteiger partial charge in [-0.1, -0.05) is 11.6 Å². The minimum atomic E-state index is -4.79. The lowest BCUT2D eigenvalue weighted by molar-refractivity contribution is -0.137. The monoisotopic (exact) mass is 383 g/mol. The molecule has 0 radical (unpaired) electrons. The Bertz CT molecular complexity index is 1010. The van der Waals surface area contributed by atoms with Crippen LogP contribution in [0.2, 0.25) is 5.02 Å². The van der Waals surface area contributed by atoms with Crippen LogP contribution in [0.3, 0.4) is 0 Å². The van der Waals surface area contributed by atoms with Crippen LogP contribution in [0, 0.1) is 6.92 Å². The van der Waals surface area contributed by atoms with E-state index >= 15 is 0 Å². The average molecular weight is 384 g/mol. The number of hydrogen-bond donors (Lipinski definition) is 3. The molecule has 3 N–H and O–H groups in total. The van der Waals surface area contributed by atoms with Crippen molar-refractivity contribution in [2.75, 3.05) is 4.72 Å². The van der Waals surface area contributed by atoms with E-state index in [1.54, 1.807) is 4.98 Å². The molecular weight excluding hydrogens is 375 g/mol. The number of nitrogens with one attached hydrogen (secondary N) is 3. The minimum absolute atomic E-state index is 0.263. The standard InChI is InChI=1S/C12H9ClF3N3O4S/c1-5-9(10(20)18-11(21)17-5)24(22,23)19-6-2-3-8(13)7(4-6)12(14,15)16/h2-4,19H,1H3,(H2,17,18,20,21). The van der Waals surface area contributed by atoms with Gasteiger partial charge in [-0.05, 0) is 25.1 Å². The second-order valence-corrected chi connectivity index (χ2v) is 6.69. The van der Waals surface area contributed by atoms with Crippen LogP contribution in [0.1, 0.15) is 11.3 Å². The zero-order chi connectivity index (χ0) is 18.3. The van der Waals surface area contributed by atoms with Gasteiger partial charge in [0.25, 0.3) is 15.6 Å². The summed E-state index contributed by atoms with van der Waals surface area (Å²) in [5, 5.41) is -0.608. The third kappa shape index (κ3) is 3.62. The van der Waals surface area contributed by atoms with E-state index in [2.05, 4.69) is 4.98 Å². The average Bonchev–Trinajstić information content (AvgIpc) is 2.37. The zero-order valence-electron chi connectivity index (χ0n) is 11.8. The summed E-state index contributed by atoms with van der Waals surface area (Å²) in [7, 11) is -4.54. The van der Waals surface area contributed by atoms with Gasteiger partial charge >= 0.3 is 11.9 Å². The predicted molar refractivity (Wildman–Crippen MR) is 79.7 cm³/mol. The molecule has 1 aromatic carbocycles. The number of anilines is 1. The molecule has 0 aliphatic heterocycles. The number of aromatic nitrogens is 2. The Hall–Kier alpha value is -2.27. The molecule has 0 amide bonds. The van der Waals surface area contributed by atoms with Crippen LogP contribution in [0.5, 0.6) is 0 Å². The molecule has 0 spiro atoms. The van der Waals surface area contributed by atoms with Crippen molar-refractivity contribution >= 4 is 27.3 Å². The van der Waals surface area contributed by atoms with Gasteiger partial charge in [0.05, 0.1) is 10.6 Å². The first-order chi connectivity index (χ1) is 10.9. The number of halogens is 4. The maximum atomic E-state index is 12.8. The van der Waals surface area contributed by atoms with Gasteiger partial charge in [0, 0.05) is 11.4 Å². The molecule has 1 aromatic heterocycles. The number of sulfonamides is 1. The van der Waals surface area contributed by atoms with Gasteiger partial charge in [-0.3, -0.25) is 14.5 Å². The third-order valence-electron chi connectivity index (χ3n) is 2.87. The zero-order valence-corrected chi connectivity index (χ0v) is 13.4. The Kier molecular flexibility index (Phi) is 4.50. The normalized spacial score (nSPS) is 12.2. The molecule has 130 valence electrons. The molecule has 0 aliphatic rings. The fraction of sp³-hybridized carbons (Fsp3) is 0.167. The molecule has 2 aromatic rings. The van der Waals surface area contributed by atoms with Crippen molar-refractivity contribution in [1.82, 2.24) is 9.97 Å². The van der Waals surface area contributed by atoms with Crippen molar-refractivity contribution in [1.29, 1.82) is 0 Å². The molecule has 0 atom stereocenters. The molecule has 12 heteroatoms. The smallest absolute Gasteiger partial charge is 0.310 e. The van der Waals surface area contributed by atoms with Gasteiger partial charge in [-0.15, -0.1) is 0 Å².